The normalized spacial score (nSPS) is 21.8. The van der Waals surface area contributed by atoms with Crippen molar-refractivity contribution in [1.82, 2.24) is 0 Å². The molecule has 1 nitrogen and oxygen atoms in total. The van der Waals surface area contributed by atoms with E-state index in [1.165, 1.54) is 24.0 Å². The maximum atomic E-state index is 13.1. The lowest BCUT2D eigenvalue weighted by Gasteiger charge is -2.34. The minimum atomic E-state index is -1.14. The van der Waals surface area contributed by atoms with Crippen LogP contribution in [0.25, 0.3) is 0 Å². The molecule has 24 heavy (non-hydrogen) atoms. The van der Waals surface area contributed by atoms with Gasteiger partial charge in [0.25, 0.3) is 0 Å². The summed E-state index contributed by atoms with van der Waals surface area (Å²) in [5.74, 6) is 0. The second-order valence-corrected chi connectivity index (χ2v) is 9.73. The van der Waals surface area contributed by atoms with Crippen molar-refractivity contribution in [2.75, 3.05) is 0 Å². The van der Waals surface area contributed by atoms with Gasteiger partial charge in [-0.15, -0.1) is 0 Å². The van der Waals surface area contributed by atoms with Gasteiger partial charge in [0.15, 0.2) is 0 Å². The fourth-order valence-corrected chi connectivity index (χ4v) is 4.66. The number of hydrogen-bond donors (Lipinski definition) is 0. The zero-order valence-electron chi connectivity index (χ0n) is 15.7. The second kappa shape index (κ2) is 7.23. The van der Waals surface area contributed by atoms with Gasteiger partial charge in [0.1, 0.15) is 0 Å². The average Bonchev–Trinajstić information content (AvgIpc) is 2.49. The van der Waals surface area contributed by atoms with Crippen molar-refractivity contribution in [3.63, 3.8) is 0 Å². The van der Waals surface area contributed by atoms with E-state index in [0.29, 0.717) is 0 Å². The van der Waals surface area contributed by atoms with Crippen molar-refractivity contribution in [1.29, 1.82) is 0 Å². The average molecular weight is 343 g/mol. The van der Waals surface area contributed by atoms with Crippen LogP contribution in [0.1, 0.15) is 53.9 Å². The highest BCUT2D eigenvalue weighted by Crippen LogP contribution is 2.43. The van der Waals surface area contributed by atoms with Gasteiger partial charge in [0.2, 0.25) is 0 Å². The predicted octanol–water partition coefficient (Wildman–Crippen LogP) is 6.42. The Balaban J connectivity index is 2.45. The third-order valence-electron chi connectivity index (χ3n) is 4.69. The summed E-state index contributed by atoms with van der Waals surface area (Å²) in [6, 6.07) is 9.71. The van der Waals surface area contributed by atoms with E-state index in [0.717, 1.165) is 16.2 Å². The Labute approximate surface area is 150 Å². The van der Waals surface area contributed by atoms with Gasteiger partial charge in [-0.3, -0.25) is 0 Å². The zero-order chi connectivity index (χ0) is 18.0. The van der Waals surface area contributed by atoms with E-state index in [1.807, 2.05) is 30.3 Å². The van der Waals surface area contributed by atoms with Gasteiger partial charge < -0.3 is 0 Å². The first-order chi connectivity index (χ1) is 11.1. The Morgan fingerprint density at radius 1 is 1.21 bits per heavy atom. The van der Waals surface area contributed by atoms with Gasteiger partial charge in [0.05, 0.1) is 10.8 Å². The van der Waals surface area contributed by atoms with Crippen molar-refractivity contribution in [2.45, 2.75) is 58.8 Å². The van der Waals surface area contributed by atoms with Crippen LogP contribution in [0.4, 0.5) is 0 Å². The molecule has 1 unspecified atom stereocenters. The lowest BCUT2D eigenvalue weighted by molar-refractivity contribution is 0.371. The summed E-state index contributed by atoms with van der Waals surface area (Å²) in [7, 11) is -1.14. The molecule has 0 bridgehead atoms. The molecule has 1 fully saturated rings. The third-order valence-corrected chi connectivity index (χ3v) is 6.54. The molecule has 0 saturated heterocycles. The van der Waals surface area contributed by atoms with Crippen LogP contribution in [-0.2, 0) is 10.8 Å². The highest BCUT2D eigenvalue weighted by Gasteiger charge is 2.29. The number of benzene rings is 1. The molecule has 0 amide bonds. The largest absolute Gasteiger partial charge is 0.249 e. The summed E-state index contributed by atoms with van der Waals surface area (Å²) in [6.07, 6.45) is 7.70. The maximum absolute atomic E-state index is 13.1. The van der Waals surface area contributed by atoms with Crippen molar-refractivity contribution >= 4 is 10.8 Å². The Bertz CT molecular complexity index is 684. The quantitative estimate of drug-likeness (QED) is 0.619. The number of allylic oxidation sites excluding steroid dienone is 5. The summed E-state index contributed by atoms with van der Waals surface area (Å²) in [4.78, 5) is 1.81. The van der Waals surface area contributed by atoms with Gasteiger partial charge in [-0.25, -0.2) is 4.21 Å². The Hall–Kier alpha value is -1.41. The van der Waals surface area contributed by atoms with Crippen molar-refractivity contribution in [3.05, 3.63) is 65.1 Å². The first kappa shape index (κ1) is 18.9. The van der Waals surface area contributed by atoms with Crippen LogP contribution in [-0.4, -0.2) is 4.21 Å². The van der Waals surface area contributed by atoms with Crippen LogP contribution in [0.2, 0.25) is 0 Å². The Morgan fingerprint density at radius 2 is 1.83 bits per heavy atom. The molecule has 1 aromatic carbocycles. The lowest BCUT2D eigenvalue weighted by atomic mass is 9.71. The lowest BCUT2D eigenvalue weighted by Crippen LogP contribution is -2.21. The summed E-state index contributed by atoms with van der Waals surface area (Å²) in [5.41, 5.74) is 2.52. The van der Waals surface area contributed by atoms with E-state index in [4.69, 9.17) is 0 Å². The Kier molecular flexibility index (Phi) is 5.70. The van der Waals surface area contributed by atoms with Crippen molar-refractivity contribution in [3.8, 4) is 0 Å². The van der Waals surface area contributed by atoms with E-state index in [2.05, 4.69) is 53.3 Å². The van der Waals surface area contributed by atoms with Crippen LogP contribution in [0, 0.1) is 10.8 Å². The highest BCUT2D eigenvalue weighted by atomic mass is 32.2. The molecule has 130 valence electrons. The molecular weight excluding hydrogens is 312 g/mol. The number of rotatable bonds is 3. The summed E-state index contributed by atoms with van der Waals surface area (Å²) in [5, 5.41) is 0. The zero-order valence-corrected chi connectivity index (χ0v) is 16.5. The minimum Gasteiger partial charge on any atom is -0.249 e. The van der Waals surface area contributed by atoms with Gasteiger partial charge >= 0.3 is 0 Å². The summed E-state index contributed by atoms with van der Waals surface area (Å²) < 4.78 is 13.1. The van der Waals surface area contributed by atoms with E-state index in [9.17, 15) is 4.21 Å². The minimum absolute atomic E-state index is 0.142. The standard InChI is InChI=1S/C22H30OS/c1-17-11-10-16-22(5,6)19(17)14-15-20(21(2,3)4)24(23)18-12-8-7-9-13-18/h7-9,12-15H,1,10-11,16H2,2-6H3/b19-14+,20-15-. The van der Waals surface area contributed by atoms with E-state index in [-0.39, 0.29) is 10.8 Å². The molecule has 1 saturated carbocycles. The van der Waals surface area contributed by atoms with Gasteiger partial charge in [0, 0.05) is 9.80 Å². The van der Waals surface area contributed by atoms with E-state index >= 15 is 0 Å². The molecule has 1 aromatic rings. The molecule has 2 heteroatoms. The third kappa shape index (κ3) is 4.36. The fraction of sp³-hybridized carbons (Fsp3) is 0.455. The highest BCUT2D eigenvalue weighted by molar-refractivity contribution is 7.89. The monoisotopic (exact) mass is 342 g/mol. The molecule has 0 heterocycles. The molecular formula is C22H30OS. The first-order valence-electron chi connectivity index (χ1n) is 8.71. The van der Waals surface area contributed by atoms with Crippen LogP contribution < -0.4 is 0 Å². The fourth-order valence-electron chi connectivity index (χ4n) is 3.26. The van der Waals surface area contributed by atoms with Crippen LogP contribution in [0.3, 0.4) is 0 Å². The summed E-state index contributed by atoms with van der Waals surface area (Å²) in [6.45, 7) is 15.2. The molecule has 0 N–H and O–H groups in total. The molecule has 2 rings (SSSR count). The van der Waals surface area contributed by atoms with E-state index in [1.54, 1.807) is 0 Å². The van der Waals surface area contributed by atoms with Crippen LogP contribution in [0.5, 0.6) is 0 Å². The van der Waals surface area contributed by atoms with Crippen LogP contribution >= 0.6 is 0 Å². The van der Waals surface area contributed by atoms with Gasteiger partial charge in [-0.1, -0.05) is 71.0 Å². The number of hydrogen-bond acceptors (Lipinski definition) is 1. The maximum Gasteiger partial charge on any atom is 0.0813 e. The smallest absolute Gasteiger partial charge is 0.0813 e. The summed E-state index contributed by atoms with van der Waals surface area (Å²) >= 11 is 0. The molecule has 1 aliphatic carbocycles. The molecule has 0 aliphatic heterocycles. The molecule has 1 aliphatic rings. The molecule has 1 atom stereocenters. The Morgan fingerprint density at radius 3 is 2.38 bits per heavy atom. The van der Waals surface area contributed by atoms with Crippen LogP contribution in [0.15, 0.2) is 70.0 Å². The van der Waals surface area contributed by atoms with E-state index < -0.39 is 10.8 Å². The molecule has 0 radical (unpaired) electrons. The second-order valence-electron chi connectivity index (χ2n) is 8.28. The van der Waals surface area contributed by atoms with Gasteiger partial charge in [-0.05, 0) is 53.9 Å². The molecule has 0 aromatic heterocycles. The predicted molar refractivity (Wildman–Crippen MR) is 105 cm³/mol. The van der Waals surface area contributed by atoms with Crippen molar-refractivity contribution in [2.24, 2.45) is 10.8 Å². The SMILES string of the molecule is C=C1CCCC(C)(C)/C1=C/C=C(\S(=O)c1ccccc1)C(C)(C)C. The molecule has 0 spiro atoms. The first-order valence-corrected chi connectivity index (χ1v) is 9.86. The van der Waals surface area contributed by atoms with Crippen molar-refractivity contribution < 1.29 is 4.21 Å². The topological polar surface area (TPSA) is 17.1 Å². The van der Waals surface area contributed by atoms with Gasteiger partial charge in [-0.2, -0.15) is 0 Å².